The van der Waals surface area contributed by atoms with E-state index in [4.69, 9.17) is 16.3 Å². The van der Waals surface area contributed by atoms with Crippen molar-refractivity contribution in [3.63, 3.8) is 0 Å². The first-order valence-electron chi connectivity index (χ1n) is 10.5. The van der Waals surface area contributed by atoms with Crippen LogP contribution in [0.3, 0.4) is 0 Å². The summed E-state index contributed by atoms with van der Waals surface area (Å²) in [5.41, 5.74) is 0.884. The maximum atomic E-state index is 15.2. The zero-order valence-electron chi connectivity index (χ0n) is 18.3. The summed E-state index contributed by atoms with van der Waals surface area (Å²) in [6.45, 7) is 3.70. The molecule has 0 spiro atoms. The van der Waals surface area contributed by atoms with Crippen LogP contribution in [0.4, 0.5) is 24.7 Å². The van der Waals surface area contributed by atoms with Gasteiger partial charge < -0.3 is 9.64 Å². The number of halogens is 4. The lowest BCUT2D eigenvalue weighted by Crippen LogP contribution is -2.23. The van der Waals surface area contributed by atoms with Gasteiger partial charge in [-0.3, -0.25) is 4.40 Å². The Morgan fingerprint density at radius 3 is 2.82 bits per heavy atom. The number of fused-ring (bicyclic) bond motifs is 4. The third kappa shape index (κ3) is 3.73. The number of rotatable bonds is 2. The van der Waals surface area contributed by atoms with E-state index in [0.717, 1.165) is 0 Å². The predicted molar refractivity (Wildman–Crippen MR) is 123 cm³/mol. The maximum Gasteiger partial charge on any atom is 0.257 e. The average molecular weight is 486 g/mol. The van der Waals surface area contributed by atoms with Gasteiger partial charge in [-0.2, -0.15) is 4.98 Å². The molecule has 0 saturated heterocycles. The molecule has 0 saturated carbocycles. The molecule has 2 aromatic carbocycles. The first-order valence-corrected chi connectivity index (χ1v) is 10.9. The van der Waals surface area contributed by atoms with Crippen LogP contribution in [0.25, 0.3) is 16.7 Å². The van der Waals surface area contributed by atoms with E-state index in [1.807, 2.05) is 11.0 Å². The van der Waals surface area contributed by atoms with Gasteiger partial charge in [0.05, 0.1) is 34.6 Å². The van der Waals surface area contributed by atoms with E-state index in [1.54, 1.807) is 12.1 Å². The maximum absolute atomic E-state index is 15.2. The van der Waals surface area contributed by atoms with Gasteiger partial charge in [0.25, 0.3) is 12.2 Å². The summed E-state index contributed by atoms with van der Waals surface area (Å²) >= 11 is 6.45. The second-order valence-electron chi connectivity index (χ2n) is 8.47. The second kappa shape index (κ2) is 8.46. The van der Waals surface area contributed by atoms with Crippen molar-refractivity contribution < 1.29 is 17.9 Å². The summed E-state index contributed by atoms with van der Waals surface area (Å²) in [6, 6.07) is 8.13. The van der Waals surface area contributed by atoms with Crippen LogP contribution in [-0.2, 0) is 11.3 Å². The molecule has 0 unspecified atom stereocenters. The molecule has 0 radical (unpaired) electrons. The number of ether oxygens (including phenoxy) is 1. The predicted octanol–water partition coefficient (Wildman–Crippen LogP) is 5.38. The molecule has 0 N–H and O–H groups in total. The van der Waals surface area contributed by atoms with Crippen LogP contribution in [0.2, 0.25) is 5.02 Å². The third-order valence-corrected chi connectivity index (χ3v) is 6.05. The van der Waals surface area contributed by atoms with Gasteiger partial charge in [-0.1, -0.05) is 29.5 Å². The Labute approximate surface area is 198 Å². The minimum absolute atomic E-state index is 0.211. The summed E-state index contributed by atoms with van der Waals surface area (Å²) in [4.78, 5) is 6.42. The lowest BCUT2D eigenvalue weighted by Gasteiger charge is -2.25. The molecule has 2 aromatic heterocycles. The lowest BCUT2D eigenvalue weighted by atomic mass is 9.94. The standard InChI is InChI=1S/C24H19ClF3N5O/c1-24(2,22(27)28)9-8-14-4-3-5-18-15(14)12-34-11-10-32(18)21-19-17(26)7-6-16(25)20(19)33-13-29-31-23(33)30-21/h3-7,13,22H,10-12H2,1-2H3. The number of nitrogens with zero attached hydrogens (tertiary/aromatic N) is 5. The molecule has 34 heavy (non-hydrogen) atoms. The van der Waals surface area contributed by atoms with Crippen LogP contribution < -0.4 is 4.90 Å². The second-order valence-corrected chi connectivity index (χ2v) is 8.88. The van der Waals surface area contributed by atoms with Crippen LogP contribution in [0.5, 0.6) is 0 Å². The molecule has 1 aliphatic heterocycles. The van der Waals surface area contributed by atoms with Crippen molar-refractivity contribution in [3.8, 4) is 11.8 Å². The molecule has 6 nitrogen and oxygen atoms in total. The Bertz CT molecular complexity index is 1470. The highest BCUT2D eigenvalue weighted by atomic mass is 35.5. The van der Waals surface area contributed by atoms with Crippen LogP contribution in [0.15, 0.2) is 36.7 Å². The Morgan fingerprint density at radius 1 is 1.21 bits per heavy atom. The SMILES string of the molecule is CC(C)(C#Cc1cccc2c1COCCN2c1nc2nncn2c2c(Cl)ccc(F)c12)C(F)F. The van der Waals surface area contributed by atoms with Crippen molar-refractivity contribution in [2.75, 3.05) is 18.1 Å². The summed E-state index contributed by atoms with van der Waals surface area (Å²) < 4.78 is 49.2. The molecule has 1 aliphatic rings. The molecule has 5 rings (SSSR count). The van der Waals surface area contributed by atoms with Gasteiger partial charge in [0, 0.05) is 23.4 Å². The normalized spacial score (nSPS) is 14.3. The summed E-state index contributed by atoms with van der Waals surface area (Å²) in [6.07, 6.45) is -1.16. The number of hydrogen-bond acceptors (Lipinski definition) is 5. The van der Waals surface area contributed by atoms with Crippen molar-refractivity contribution in [2.45, 2.75) is 26.9 Å². The fourth-order valence-electron chi connectivity index (χ4n) is 3.85. The first kappa shape index (κ1) is 22.4. The molecular formula is C24H19ClF3N5O. The van der Waals surface area contributed by atoms with Gasteiger partial charge in [0.2, 0.25) is 0 Å². The van der Waals surface area contributed by atoms with Gasteiger partial charge in [0.1, 0.15) is 18.0 Å². The van der Waals surface area contributed by atoms with Crippen molar-refractivity contribution >= 4 is 39.8 Å². The van der Waals surface area contributed by atoms with E-state index in [2.05, 4.69) is 27.0 Å². The largest absolute Gasteiger partial charge is 0.375 e. The molecule has 0 fully saturated rings. The van der Waals surface area contributed by atoms with Crippen molar-refractivity contribution in [2.24, 2.45) is 5.41 Å². The monoisotopic (exact) mass is 485 g/mol. The van der Waals surface area contributed by atoms with Crippen molar-refractivity contribution in [3.05, 3.63) is 58.6 Å². The van der Waals surface area contributed by atoms with E-state index in [1.165, 1.54) is 36.7 Å². The van der Waals surface area contributed by atoms with Crippen LogP contribution in [0, 0.1) is 23.1 Å². The summed E-state index contributed by atoms with van der Waals surface area (Å²) in [5.74, 6) is 5.64. The Hall–Kier alpha value is -3.35. The van der Waals surface area contributed by atoms with E-state index < -0.39 is 17.7 Å². The fraction of sp³-hybridized carbons (Fsp3) is 0.292. The van der Waals surface area contributed by atoms with E-state index in [-0.39, 0.29) is 17.8 Å². The minimum Gasteiger partial charge on any atom is -0.375 e. The first-order chi connectivity index (χ1) is 16.3. The Morgan fingerprint density at radius 2 is 2.03 bits per heavy atom. The summed E-state index contributed by atoms with van der Waals surface area (Å²) in [5, 5.41) is 8.46. The molecular weight excluding hydrogens is 467 g/mol. The fourth-order valence-corrected chi connectivity index (χ4v) is 4.10. The highest BCUT2D eigenvalue weighted by Gasteiger charge is 2.28. The Kier molecular flexibility index (Phi) is 5.58. The number of hydrogen-bond donors (Lipinski definition) is 0. The molecule has 10 heteroatoms. The highest BCUT2D eigenvalue weighted by molar-refractivity contribution is 6.35. The zero-order valence-corrected chi connectivity index (χ0v) is 19.1. The van der Waals surface area contributed by atoms with Crippen molar-refractivity contribution in [1.29, 1.82) is 0 Å². The van der Waals surface area contributed by atoms with E-state index in [9.17, 15) is 8.78 Å². The number of alkyl halides is 2. The Balaban J connectivity index is 1.74. The highest BCUT2D eigenvalue weighted by Crippen LogP contribution is 2.38. The number of aromatic nitrogens is 4. The molecule has 0 atom stereocenters. The third-order valence-electron chi connectivity index (χ3n) is 5.75. The smallest absolute Gasteiger partial charge is 0.257 e. The van der Waals surface area contributed by atoms with Crippen LogP contribution in [0.1, 0.15) is 25.0 Å². The van der Waals surface area contributed by atoms with Gasteiger partial charge in [-0.05, 0) is 38.1 Å². The van der Waals surface area contributed by atoms with Crippen LogP contribution in [-0.4, -0.2) is 39.2 Å². The topological polar surface area (TPSA) is 55.5 Å². The minimum atomic E-state index is -2.59. The van der Waals surface area contributed by atoms with Gasteiger partial charge in [-0.15, -0.1) is 10.2 Å². The van der Waals surface area contributed by atoms with E-state index in [0.29, 0.717) is 46.3 Å². The summed E-state index contributed by atoms with van der Waals surface area (Å²) in [7, 11) is 0. The number of anilines is 2. The van der Waals surface area contributed by atoms with Gasteiger partial charge in [0.15, 0.2) is 0 Å². The molecule has 0 aliphatic carbocycles. The molecule has 4 aromatic rings. The molecule has 3 heterocycles. The van der Waals surface area contributed by atoms with Gasteiger partial charge >= 0.3 is 0 Å². The quantitative estimate of drug-likeness (QED) is 0.357. The molecule has 0 amide bonds. The molecule has 0 bridgehead atoms. The van der Waals surface area contributed by atoms with Crippen molar-refractivity contribution in [1.82, 2.24) is 19.6 Å². The number of benzene rings is 2. The average Bonchev–Trinajstić information content (AvgIpc) is 3.17. The van der Waals surface area contributed by atoms with Gasteiger partial charge in [-0.25, -0.2) is 13.2 Å². The molecule has 174 valence electrons. The van der Waals surface area contributed by atoms with E-state index >= 15 is 4.39 Å². The van der Waals surface area contributed by atoms with Crippen LogP contribution >= 0.6 is 11.6 Å². The lowest BCUT2D eigenvalue weighted by molar-refractivity contribution is 0.0570. The zero-order chi connectivity index (χ0) is 24.0.